The van der Waals surface area contributed by atoms with E-state index in [0.29, 0.717) is 48.8 Å². The molecule has 2 aromatic carbocycles. The summed E-state index contributed by atoms with van der Waals surface area (Å²) in [6.07, 6.45) is 1.45. The van der Waals surface area contributed by atoms with Crippen LogP contribution in [0.25, 0.3) is 22.4 Å². The van der Waals surface area contributed by atoms with Gasteiger partial charge in [0.25, 0.3) is 5.92 Å². The number of alkyl halides is 2. The van der Waals surface area contributed by atoms with Crippen molar-refractivity contribution in [2.45, 2.75) is 25.9 Å². The summed E-state index contributed by atoms with van der Waals surface area (Å²) >= 11 is 0. The minimum atomic E-state index is -3.37. The van der Waals surface area contributed by atoms with E-state index in [1.54, 1.807) is 30.6 Å². The molecular weight excluding hydrogens is 442 g/mol. The number of aliphatic hydroxyl groups is 1. The Morgan fingerprint density at radius 2 is 1.74 bits per heavy atom. The molecule has 0 spiro atoms. The van der Waals surface area contributed by atoms with Crippen LogP contribution < -0.4 is 10.2 Å². The molecule has 9 heteroatoms. The van der Waals surface area contributed by atoms with Gasteiger partial charge >= 0.3 is 0 Å². The van der Waals surface area contributed by atoms with Crippen LogP contribution in [0, 0.1) is 0 Å². The first-order valence-electron chi connectivity index (χ1n) is 11.0. The number of amides is 1. The molecule has 2 N–H and O–H groups in total. The third kappa shape index (κ3) is 4.90. The number of carbonyl (C=O) groups is 1. The van der Waals surface area contributed by atoms with E-state index in [1.165, 1.54) is 19.1 Å². The van der Waals surface area contributed by atoms with E-state index in [0.717, 1.165) is 18.3 Å². The van der Waals surface area contributed by atoms with Crippen molar-refractivity contribution >= 4 is 17.4 Å². The fourth-order valence-electron chi connectivity index (χ4n) is 3.88. The van der Waals surface area contributed by atoms with E-state index in [2.05, 4.69) is 20.2 Å². The number of ether oxygens (including phenoxy) is 1. The highest BCUT2D eigenvalue weighted by Crippen LogP contribution is 2.37. The molecule has 7 nitrogen and oxygen atoms in total. The summed E-state index contributed by atoms with van der Waals surface area (Å²) < 4.78 is 33.9. The second-order valence-electron chi connectivity index (χ2n) is 8.15. The number of hydrogen-bond acceptors (Lipinski definition) is 6. The Balaban J connectivity index is 1.77. The van der Waals surface area contributed by atoms with E-state index >= 15 is 0 Å². The van der Waals surface area contributed by atoms with Crippen molar-refractivity contribution in [3.8, 4) is 22.4 Å². The number of halogens is 2. The topological polar surface area (TPSA) is 87.6 Å². The van der Waals surface area contributed by atoms with E-state index in [1.807, 2.05) is 12.1 Å². The fraction of sp³-hybridized carbons (Fsp3) is 0.320. The molecule has 1 atom stereocenters. The summed E-state index contributed by atoms with van der Waals surface area (Å²) in [4.78, 5) is 23.0. The Morgan fingerprint density at radius 1 is 1.09 bits per heavy atom. The van der Waals surface area contributed by atoms with Crippen LogP contribution in [-0.4, -0.2) is 53.4 Å². The van der Waals surface area contributed by atoms with E-state index in [9.17, 15) is 18.7 Å². The van der Waals surface area contributed by atoms with Gasteiger partial charge in [0.1, 0.15) is 11.8 Å². The molecule has 0 saturated carbocycles. The number of rotatable bonds is 6. The van der Waals surface area contributed by atoms with Gasteiger partial charge in [0.05, 0.1) is 13.2 Å². The minimum absolute atomic E-state index is 0.250. The molecule has 2 heterocycles. The normalized spacial score (nSPS) is 15.1. The number of carbonyl (C=O) groups excluding carboxylic acids is 1. The maximum Gasteiger partial charge on any atom is 0.298 e. The van der Waals surface area contributed by atoms with Crippen LogP contribution in [0.5, 0.6) is 0 Å². The first-order chi connectivity index (χ1) is 16.3. The molecule has 1 saturated heterocycles. The Bertz CT molecular complexity index is 1160. The summed E-state index contributed by atoms with van der Waals surface area (Å²) in [6.45, 7) is 5.06. The Hall–Kier alpha value is -3.43. The Kier molecular flexibility index (Phi) is 6.85. The van der Waals surface area contributed by atoms with Crippen molar-refractivity contribution in [2.24, 2.45) is 0 Å². The minimum Gasteiger partial charge on any atom is -0.387 e. The zero-order valence-electron chi connectivity index (χ0n) is 19.0. The van der Waals surface area contributed by atoms with Crippen LogP contribution in [0.1, 0.15) is 19.4 Å². The van der Waals surface area contributed by atoms with Gasteiger partial charge < -0.3 is 20.1 Å². The average Bonchev–Trinajstić information content (AvgIpc) is 2.84. The molecule has 3 aromatic rings. The Morgan fingerprint density at radius 3 is 2.38 bits per heavy atom. The zero-order chi connectivity index (χ0) is 24.3. The highest BCUT2D eigenvalue weighted by molar-refractivity contribution is 5.95. The predicted molar refractivity (Wildman–Crippen MR) is 126 cm³/mol. The number of nitrogens with zero attached hydrogens (tertiary/aromatic N) is 3. The van der Waals surface area contributed by atoms with Gasteiger partial charge in [0.2, 0.25) is 5.91 Å². The molecule has 1 aliphatic heterocycles. The lowest BCUT2D eigenvalue weighted by Crippen LogP contribution is -2.37. The number of aliphatic hydroxyl groups excluding tert-OH is 1. The largest absolute Gasteiger partial charge is 0.387 e. The van der Waals surface area contributed by atoms with Crippen molar-refractivity contribution < 1.29 is 23.4 Å². The van der Waals surface area contributed by atoms with E-state index < -0.39 is 12.0 Å². The average molecular weight is 469 g/mol. The van der Waals surface area contributed by atoms with Crippen molar-refractivity contribution in [2.75, 3.05) is 36.5 Å². The monoisotopic (exact) mass is 468 g/mol. The number of hydrogen-bond donors (Lipinski definition) is 2. The number of anilines is 2. The van der Waals surface area contributed by atoms with Gasteiger partial charge in [-0.3, -0.25) is 9.78 Å². The van der Waals surface area contributed by atoms with Crippen LogP contribution in [0.4, 0.5) is 20.3 Å². The second kappa shape index (κ2) is 9.82. The van der Waals surface area contributed by atoms with Crippen LogP contribution in [0.2, 0.25) is 0 Å². The summed E-state index contributed by atoms with van der Waals surface area (Å²) in [6, 6.07) is 11.1. The summed E-state index contributed by atoms with van der Waals surface area (Å²) in [5, 5.41) is 12.2. The molecule has 1 aliphatic rings. The van der Waals surface area contributed by atoms with Gasteiger partial charge in [-0.05, 0) is 24.6 Å². The SMILES string of the molecule is CC(=O)Nc1ccc(-c2nccnc2N2CCOCC2)cc1-c1ccc(C(F)(F)C(C)O)cc1. The van der Waals surface area contributed by atoms with E-state index in [-0.39, 0.29) is 11.5 Å². The molecule has 0 bridgehead atoms. The smallest absolute Gasteiger partial charge is 0.298 e. The number of morpholine rings is 1. The van der Waals surface area contributed by atoms with Crippen LogP contribution in [0.15, 0.2) is 54.9 Å². The van der Waals surface area contributed by atoms with Gasteiger partial charge in [-0.2, -0.15) is 8.78 Å². The van der Waals surface area contributed by atoms with Crippen molar-refractivity contribution in [3.63, 3.8) is 0 Å². The van der Waals surface area contributed by atoms with Crippen LogP contribution in [-0.2, 0) is 15.5 Å². The molecule has 0 radical (unpaired) electrons. The maximum atomic E-state index is 14.2. The van der Waals surface area contributed by atoms with Crippen LogP contribution in [0.3, 0.4) is 0 Å². The van der Waals surface area contributed by atoms with Crippen molar-refractivity contribution in [1.29, 1.82) is 0 Å². The molecule has 178 valence electrons. The van der Waals surface area contributed by atoms with Gasteiger partial charge in [-0.15, -0.1) is 0 Å². The molecule has 0 aliphatic carbocycles. The molecule has 34 heavy (non-hydrogen) atoms. The van der Waals surface area contributed by atoms with Gasteiger partial charge in [0.15, 0.2) is 5.82 Å². The van der Waals surface area contributed by atoms with Crippen molar-refractivity contribution in [1.82, 2.24) is 9.97 Å². The lowest BCUT2D eigenvalue weighted by molar-refractivity contribution is -0.114. The molecular formula is C25H26F2N4O3. The highest BCUT2D eigenvalue weighted by atomic mass is 19.3. The first kappa shape index (κ1) is 23.7. The third-order valence-electron chi connectivity index (χ3n) is 5.70. The number of nitrogens with one attached hydrogen (secondary N) is 1. The lowest BCUT2D eigenvalue weighted by atomic mass is 9.96. The summed E-state index contributed by atoms with van der Waals surface area (Å²) in [5.74, 6) is -2.89. The van der Waals surface area contributed by atoms with Crippen molar-refractivity contribution in [3.05, 3.63) is 60.4 Å². The predicted octanol–water partition coefficient (Wildman–Crippen LogP) is 4.08. The second-order valence-corrected chi connectivity index (χ2v) is 8.15. The zero-order valence-corrected chi connectivity index (χ0v) is 19.0. The molecule has 1 amide bonds. The maximum absolute atomic E-state index is 14.2. The quantitative estimate of drug-likeness (QED) is 0.567. The summed E-state index contributed by atoms with van der Waals surface area (Å²) in [7, 11) is 0. The number of aromatic nitrogens is 2. The number of benzene rings is 2. The molecule has 1 aromatic heterocycles. The van der Waals surface area contributed by atoms with Gasteiger partial charge in [0, 0.05) is 54.8 Å². The molecule has 1 unspecified atom stereocenters. The van der Waals surface area contributed by atoms with Crippen LogP contribution >= 0.6 is 0 Å². The highest BCUT2D eigenvalue weighted by Gasteiger charge is 2.37. The first-order valence-corrected chi connectivity index (χ1v) is 11.0. The Labute approximate surface area is 196 Å². The van der Waals surface area contributed by atoms with Gasteiger partial charge in [-0.25, -0.2) is 4.98 Å². The van der Waals surface area contributed by atoms with Gasteiger partial charge in [-0.1, -0.05) is 30.3 Å². The fourth-order valence-corrected chi connectivity index (χ4v) is 3.88. The molecule has 4 rings (SSSR count). The van der Waals surface area contributed by atoms with E-state index in [4.69, 9.17) is 4.74 Å². The lowest BCUT2D eigenvalue weighted by Gasteiger charge is -2.29. The standard InChI is InChI=1S/C25H26F2N4O3/c1-16(32)25(26,27)20-6-3-18(4-7-20)21-15-19(5-8-22(21)30-17(2)33)23-24(29-10-9-28-23)31-11-13-34-14-12-31/h3-10,15-16,32H,11-14H2,1-2H3,(H,30,33). The molecule has 1 fully saturated rings. The summed E-state index contributed by atoms with van der Waals surface area (Å²) in [5.41, 5.74) is 3.00. The third-order valence-corrected chi connectivity index (χ3v) is 5.70.